The van der Waals surface area contributed by atoms with Gasteiger partial charge >= 0.3 is 0 Å². The number of hydrogen-bond acceptors (Lipinski definition) is 4. The summed E-state index contributed by atoms with van der Waals surface area (Å²) in [6.45, 7) is 9.05. The van der Waals surface area contributed by atoms with E-state index in [1.807, 2.05) is 13.8 Å². The number of hydrogen-bond donors (Lipinski definition) is 2. The molecule has 1 rings (SSSR count). The highest BCUT2D eigenvalue weighted by Crippen LogP contribution is 2.14. The largest absolute Gasteiger partial charge is 0.385 e. The van der Waals surface area contributed by atoms with Gasteiger partial charge in [0.15, 0.2) is 5.96 Å². The van der Waals surface area contributed by atoms with Gasteiger partial charge in [-0.3, -0.25) is 4.79 Å². The first kappa shape index (κ1) is 20.7. The minimum Gasteiger partial charge on any atom is -0.385 e. The predicted octanol–water partition coefficient (Wildman–Crippen LogP) is 0.996. The van der Waals surface area contributed by atoms with Crippen molar-refractivity contribution in [2.75, 3.05) is 53.0 Å². The van der Waals surface area contributed by atoms with E-state index in [9.17, 15) is 4.79 Å². The highest BCUT2D eigenvalue weighted by atomic mass is 16.5. The smallest absolute Gasteiger partial charge is 0.241 e. The van der Waals surface area contributed by atoms with Crippen molar-refractivity contribution in [3.63, 3.8) is 0 Å². The van der Waals surface area contributed by atoms with Crippen molar-refractivity contribution in [2.24, 2.45) is 4.99 Å². The first-order chi connectivity index (χ1) is 11.7. The topological polar surface area (TPSA) is 75.2 Å². The van der Waals surface area contributed by atoms with Gasteiger partial charge in [0.25, 0.3) is 0 Å². The molecule has 1 aliphatic heterocycles. The third-order valence-corrected chi connectivity index (χ3v) is 3.87. The van der Waals surface area contributed by atoms with Crippen LogP contribution in [0.4, 0.5) is 0 Å². The molecule has 0 radical (unpaired) electrons. The maximum absolute atomic E-state index is 11.7. The van der Waals surface area contributed by atoms with Gasteiger partial charge in [-0.2, -0.15) is 0 Å². The normalized spacial score (nSPS) is 16.3. The van der Waals surface area contributed by atoms with E-state index < -0.39 is 0 Å². The van der Waals surface area contributed by atoms with Crippen LogP contribution in [0.1, 0.15) is 39.5 Å². The Morgan fingerprint density at radius 2 is 1.96 bits per heavy atom. The third-order valence-electron chi connectivity index (χ3n) is 3.87. The van der Waals surface area contributed by atoms with E-state index >= 15 is 0 Å². The molecule has 1 heterocycles. The molecule has 0 aromatic carbocycles. The molecular weight excluding hydrogens is 308 g/mol. The molecule has 7 nitrogen and oxygen atoms in total. The van der Waals surface area contributed by atoms with Crippen LogP contribution in [-0.2, 0) is 14.3 Å². The number of carbonyl (C=O) groups excluding carboxylic acids is 1. The molecular formula is C17H34N4O3. The van der Waals surface area contributed by atoms with Gasteiger partial charge in [-0.15, -0.1) is 0 Å². The van der Waals surface area contributed by atoms with E-state index in [-0.39, 0.29) is 12.5 Å². The summed E-state index contributed by atoms with van der Waals surface area (Å²) in [4.78, 5) is 18.4. The van der Waals surface area contributed by atoms with Gasteiger partial charge in [0.2, 0.25) is 5.91 Å². The monoisotopic (exact) mass is 342 g/mol. The summed E-state index contributed by atoms with van der Waals surface area (Å²) in [5.74, 6) is 0.797. The van der Waals surface area contributed by atoms with Crippen molar-refractivity contribution in [1.29, 1.82) is 0 Å². The van der Waals surface area contributed by atoms with E-state index in [4.69, 9.17) is 9.47 Å². The summed E-state index contributed by atoms with van der Waals surface area (Å²) < 4.78 is 10.9. The van der Waals surface area contributed by atoms with Crippen molar-refractivity contribution in [3.8, 4) is 0 Å². The van der Waals surface area contributed by atoms with Gasteiger partial charge < -0.3 is 25.0 Å². The summed E-state index contributed by atoms with van der Waals surface area (Å²) in [5.41, 5.74) is 0. The highest BCUT2D eigenvalue weighted by molar-refractivity contribution is 5.85. The number of amides is 1. The van der Waals surface area contributed by atoms with Crippen LogP contribution in [0.5, 0.6) is 0 Å². The predicted molar refractivity (Wildman–Crippen MR) is 96.3 cm³/mol. The number of ether oxygens (including phenoxy) is 2. The molecule has 1 aliphatic rings. The molecule has 0 aromatic heterocycles. The molecule has 1 saturated heterocycles. The number of guanidine groups is 1. The average Bonchev–Trinajstić information content (AvgIpc) is 2.61. The number of likely N-dealkylation sites (tertiary alicyclic amines) is 1. The number of nitrogens with one attached hydrogen (secondary N) is 2. The number of nitrogens with zero attached hydrogens (tertiary/aromatic N) is 2. The van der Waals surface area contributed by atoms with E-state index in [0.717, 1.165) is 64.5 Å². The quantitative estimate of drug-likeness (QED) is 0.352. The van der Waals surface area contributed by atoms with E-state index in [2.05, 4.69) is 20.5 Å². The zero-order valence-corrected chi connectivity index (χ0v) is 15.5. The highest BCUT2D eigenvalue weighted by Gasteiger charge is 2.21. The van der Waals surface area contributed by atoms with Crippen molar-refractivity contribution < 1.29 is 14.3 Å². The van der Waals surface area contributed by atoms with Gasteiger partial charge in [-0.1, -0.05) is 6.92 Å². The summed E-state index contributed by atoms with van der Waals surface area (Å²) in [5, 5.41) is 6.13. The third kappa shape index (κ3) is 8.49. The van der Waals surface area contributed by atoms with Crippen LogP contribution in [0.15, 0.2) is 4.99 Å². The summed E-state index contributed by atoms with van der Waals surface area (Å²) >= 11 is 0. The van der Waals surface area contributed by atoms with Crippen molar-refractivity contribution in [3.05, 3.63) is 0 Å². The van der Waals surface area contributed by atoms with Crippen molar-refractivity contribution in [2.45, 2.75) is 45.6 Å². The van der Waals surface area contributed by atoms with Crippen LogP contribution >= 0.6 is 0 Å². The Balaban J connectivity index is 2.37. The fourth-order valence-electron chi connectivity index (χ4n) is 2.58. The summed E-state index contributed by atoms with van der Waals surface area (Å²) in [6.07, 6.45) is 4.16. The van der Waals surface area contributed by atoms with E-state index in [0.29, 0.717) is 12.6 Å². The van der Waals surface area contributed by atoms with Crippen molar-refractivity contribution in [1.82, 2.24) is 15.5 Å². The van der Waals surface area contributed by atoms with Crippen LogP contribution < -0.4 is 10.6 Å². The number of carbonyl (C=O) groups is 1. The Bertz CT molecular complexity index is 369. The fraction of sp³-hybridized carbons (Fsp3) is 0.882. The SMILES string of the molecule is CCCNC(=O)CN=C(NCC)N1CCC(OCCCOC)CC1. The van der Waals surface area contributed by atoms with E-state index in [1.165, 1.54) is 0 Å². The van der Waals surface area contributed by atoms with Gasteiger partial charge in [0.1, 0.15) is 6.54 Å². The maximum atomic E-state index is 11.7. The zero-order chi connectivity index (χ0) is 17.6. The molecule has 140 valence electrons. The molecule has 1 amide bonds. The van der Waals surface area contributed by atoms with Gasteiger partial charge in [-0.05, 0) is 32.6 Å². The first-order valence-corrected chi connectivity index (χ1v) is 9.11. The molecule has 1 fully saturated rings. The Labute approximate surface area is 146 Å². The van der Waals surface area contributed by atoms with Crippen LogP contribution in [-0.4, -0.2) is 75.9 Å². The Kier molecular flexibility index (Phi) is 11.2. The summed E-state index contributed by atoms with van der Waals surface area (Å²) in [7, 11) is 1.71. The molecule has 0 aliphatic carbocycles. The molecule has 0 saturated carbocycles. The lowest BCUT2D eigenvalue weighted by molar-refractivity contribution is -0.119. The molecule has 0 atom stereocenters. The van der Waals surface area contributed by atoms with Gasteiger partial charge in [-0.25, -0.2) is 4.99 Å². The molecule has 2 N–H and O–H groups in total. The minimum atomic E-state index is -0.0244. The van der Waals surface area contributed by atoms with Crippen LogP contribution in [0.25, 0.3) is 0 Å². The molecule has 0 unspecified atom stereocenters. The Morgan fingerprint density at radius 3 is 2.58 bits per heavy atom. The van der Waals surface area contributed by atoms with Gasteiger partial charge in [0.05, 0.1) is 6.10 Å². The second kappa shape index (κ2) is 13.0. The second-order valence-corrected chi connectivity index (χ2v) is 5.92. The lowest BCUT2D eigenvalue weighted by atomic mass is 10.1. The second-order valence-electron chi connectivity index (χ2n) is 5.92. The number of aliphatic imine (C=N–C) groups is 1. The van der Waals surface area contributed by atoms with E-state index in [1.54, 1.807) is 7.11 Å². The lowest BCUT2D eigenvalue weighted by Gasteiger charge is -2.34. The Hall–Kier alpha value is -1.34. The summed E-state index contributed by atoms with van der Waals surface area (Å²) in [6, 6.07) is 0. The van der Waals surface area contributed by atoms with Crippen LogP contribution in [0, 0.1) is 0 Å². The van der Waals surface area contributed by atoms with Crippen molar-refractivity contribution >= 4 is 11.9 Å². The number of rotatable bonds is 10. The fourth-order valence-corrected chi connectivity index (χ4v) is 2.58. The maximum Gasteiger partial charge on any atom is 0.241 e. The molecule has 7 heteroatoms. The number of piperidine rings is 1. The van der Waals surface area contributed by atoms with Gasteiger partial charge in [0, 0.05) is 46.5 Å². The Morgan fingerprint density at radius 1 is 1.21 bits per heavy atom. The van der Waals surface area contributed by atoms with Crippen LogP contribution in [0.3, 0.4) is 0 Å². The standard InChI is InChI=1S/C17H34N4O3/c1-4-9-19-16(22)14-20-17(18-5-2)21-10-7-15(8-11-21)24-13-6-12-23-3/h15H,4-14H2,1-3H3,(H,18,20)(H,19,22). The zero-order valence-electron chi connectivity index (χ0n) is 15.5. The first-order valence-electron chi connectivity index (χ1n) is 9.11. The molecule has 0 spiro atoms. The number of methoxy groups -OCH3 is 1. The lowest BCUT2D eigenvalue weighted by Crippen LogP contribution is -2.47. The molecule has 0 bridgehead atoms. The molecule has 0 aromatic rings. The average molecular weight is 342 g/mol. The molecule has 24 heavy (non-hydrogen) atoms. The minimum absolute atomic E-state index is 0.0244. The van der Waals surface area contributed by atoms with Crippen LogP contribution in [0.2, 0.25) is 0 Å².